The molecule has 2 spiro atoms. The topological polar surface area (TPSA) is 88.1 Å². The quantitative estimate of drug-likeness (QED) is 0.305. The van der Waals surface area contributed by atoms with Crippen LogP contribution in [-0.4, -0.2) is 42.3 Å². The second-order valence-electron chi connectivity index (χ2n) is 17.8. The van der Waals surface area contributed by atoms with Gasteiger partial charge in [0.1, 0.15) is 11.9 Å². The molecule has 2 aliphatic heterocycles. The Morgan fingerprint density at radius 1 is 1.02 bits per heavy atom. The fraction of sp³-hybridized carbons (Fsp3) is 0.732. The van der Waals surface area contributed by atoms with E-state index in [2.05, 4.69) is 65.8 Å². The Balaban J connectivity index is 1.20. The van der Waals surface area contributed by atoms with Crippen LogP contribution in [0, 0.1) is 70.0 Å². The Bertz CT molecular complexity index is 1600. The lowest BCUT2D eigenvalue weighted by atomic mass is 9.43. The molecule has 5 fully saturated rings. The van der Waals surface area contributed by atoms with E-state index in [1.54, 1.807) is 0 Å². The van der Waals surface area contributed by atoms with E-state index >= 15 is 0 Å². The van der Waals surface area contributed by atoms with Crippen molar-refractivity contribution in [3.05, 3.63) is 41.5 Å². The molecule has 0 radical (unpaired) electrons. The third-order valence-electron chi connectivity index (χ3n) is 15.8. The highest BCUT2D eigenvalue weighted by molar-refractivity contribution is 5.93. The van der Waals surface area contributed by atoms with Crippen molar-refractivity contribution in [2.24, 2.45) is 63.1 Å². The number of rotatable bonds is 5. The lowest BCUT2D eigenvalue weighted by Gasteiger charge is -2.61. The molecule has 7 aliphatic rings. The molecule has 8 rings (SSSR count). The van der Waals surface area contributed by atoms with Crippen LogP contribution >= 0.6 is 0 Å². The smallest absolute Gasteiger partial charge is 0.303 e. The molecule has 1 saturated heterocycles. The largest absolute Gasteiger partial charge is 0.462 e. The van der Waals surface area contributed by atoms with Gasteiger partial charge in [0.15, 0.2) is 11.9 Å². The zero-order valence-corrected chi connectivity index (χ0v) is 30.1. The first-order valence-electron chi connectivity index (χ1n) is 18.6. The Kier molecular flexibility index (Phi) is 7.07. The van der Waals surface area contributed by atoms with Crippen molar-refractivity contribution in [1.29, 1.82) is 0 Å². The molecule has 0 N–H and O–H groups in total. The van der Waals surface area contributed by atoms with Crippen LogP contribution in [0.5, 0.6) is 5.75 Å². The normalized spacial score (nSPS) is 47.6. The lowest BCUT2D eigenvalue weighted by Crippen LogP contribution is -2.62. The summed E-state index contributed by atoms with van der Waals surface area (Å²) in [4.78, 5) is 38.7. The minimum Gasteiger partial charge on any atom is -0.462 e. The second-order valence-corrected chi connectivity index (χ2v) is 17.8. The van der Waals surface area contributed by atoms with Crippen molar-refractivity contribution in [2.75, 3.05) is 6.61 Å². The first kappa shape index (κ1) is 32.5. The van der Waals surface area contributed by atoms with Gasteiger partial charge in [0.05, 0.1) is 6.61 Å². The third-order valence-corrected chi connectivity index (χ3v) is 15.8. The van der Waals surface area contributed by atoms with Crippen LogP contribution in [-0.2, 0) is 35.0 Å². The van der Waals surface area contributed by atoms with Crippen LogP contribution in [0.2, 0.25) is 0 Å². The van der Waals surface area contributed by atoms with E-state index < -0.39 is 11.9 Å². The fourth-order valence-electron chi connectivity index (χ4n) is 13.6. The summed E-state index contributed by atoms with van der Waals surface area (Å²) in [6.07, 6.45) is 10.2. The summed E-state index contributed by atoms with van der Waals surface area (Å²) in [6.45, 7) is 17.0. The number of aryl methyl sites for hydroxylation is 1. The third kappa shape index (κ3) is 4.06. The van der Waals surface area contributed by atoms with Gasteiger partial charge >= 0.3 is 11.9 Å². The van der Waals surface area contributed by atoms with E-state index in [-0.39, 0.29) is 75.1 Å². The first-order valence-corrected chi connectivity index (χ1v) is 18.6. The van der Waals surface area contributed by atoms with E-state index in [0.717, 1.165) is 61.8 Å². The molecule has 3 unspecified atom stereocenters. The number of fused-ring (bicyclic) bond motifs is 4. The van der Waals surface area contributed by atoms with Crippen molar-refractivity contribution >= 4 is 17.7 Å². The number of benzene rings is 1. The van der Waals surface area contributed by atoms with E-state index in [0.29, 0.717) is 18.4 Å². The number of carbonyl (C=O) groups excluding carboxylic acids is 3. The Hall–Kier alpha value is -2.67. The minimum absolute atomic E-state index is 0.00582. The van der Waals surface area contributed by atoms with Gasteiger partial charge in [-0.2, -0.15) is 0 Å². The summed E-state index contributed by atoms with van der Waals surface area (Å²) in [5, 5.41) is 0. The summed E-state index contributed by atoms with van der Waals surface area (Å²) in [7, 11) is 0. The molecule has 5 aliphatic carbocycles. The summed E-state index contributed by atoms with van der Waals surface area (Å²) in [5.74, 6) is 0.217. The van der Waals surface area contributed by atoms with E-state index in [1.807, 2.05) is 6.08 Å². The van der Waals surface area contributed by atoms with Gasteiger partial charge in [-0.1, -0.05) is 52.8 Å². The van der Waals surface area contributed by atoms with Crippen molar-refractivity contribution < 1.29 is 33.3 Å². The monoisotopic (exact) mass is 658 g/mol. The molecule has 14 atom stereocenters. The highest BCUT2D eigenvalue weighted by atomic mass is 16.7. The molecule has 1 aromatic rings. The standard InChI is InChI=1S/C41H54O7/c1-22-9-10-28-18-30-23(2)20-45-41(30,48-32(28)17-22)36(47-27(6)43)25(4)35-33(46-26(5)42)19-38(8)34-12-11-29-24(3)31(44)13-14-39(29)21-40(34,39)16-15-37(35,38)7/h9-10,13-14,17,23-25,29-30,33-36H,11-12,15-16,18-21H2,1-8H3/t23?,24-,25-,29-,30?,33-,34-,35-,36+,37+,38-,39+,40-,41?/m0/s1. The van der Waals surface area contributed by atoms with Gasteiger partial charge in [-0.3, -0.25) is 14.4 Å². The van der Waals surface area contributed by atoms with Crippen molar-refractivity contribution in [3.8, 4) is 5.75 Å². The predicted molar refractivity (Wildman–Crippen MR) is 180 cm³/mol. The van der Waals surface area contributed by atoms with Gasteiger partial charge in [-0.15, -0.1) is 0 Å². The lowest BCUT2D eigenvalue weighted by molar-refractivity contribution is -0.267. The summed E-state index contributed by atoms with van der Waals surface area (Å²) in [6, 6.07) is 6.35. The Labute approximate surface area is 285 Å². The summed E-state index contributed by atoms with van der Waals surface area (Å²) < 4.78 is 26.5. The maximum atomic E-state index is 13.0. The number of esters is 2. The number of allylic oxidation sites excluding steroid dienone is 2. The number of ether oxygens (including phenoxy) is 4. The molecule has 1 aromatic carbocycles. The summed E-state index contributed by atoms with van der Waals surface area (Å²) >= 11 is 0. The second kappa shape index (κ2) is 10.4. The molecule has 7 heteroatoms. The summed E-state index contributed by atoms with van der Waals surface area (Å²) in [5.41, 5.74) is 2.27. The molecule has 4 saturated carbocycles. The molecule has 7 nitrogen and oxygen atoms in total. The van der Waals surface area contributed by atoms with Gasteiger partial charge in [0.25, 0.3) is 5.79 Å². The van der Waals surface area contributed by atoms with Crippen molar-refractivity contribution in [1.82, 2.24) is 0 Å². The number of ketones is 1. The SMILES string of the molecule is CC(=O)O[C@H]1C[C@@]2(C)[C@@H]3CC[C@H]4[C@H](C)C(=O)C=C[C@@]45C[C@@]35CC[C@]2(C)[C@H]1[C@H](C)[C@@H](OC(C)=O)C12OCC(C)C1Cc1ccc(C)cc1O2. The zero-order valence-electron chi connectivity index (χ0n) is 30.1. The van der Waals surface area contributed by atoms with Crippen molar-refractivity contribution in [3.63, 3.8) is 0 Å². The van der Waals surface area contributed by atoms with E-state index in [9.17, 15) is 14.4 Å². The van der Waals surface area contributed by atoms with E-state index in [1.165, 1.54) is 13.8 Å². The van der Waals surface area contributed by atoms with Crippen LogP contribution in [0.4, 0.5) is 0 Å². The van der Waals surface area contributed by atoms with Crippen LogP contribution in [0.3, 0.4) is 0 Å². The minimum atomic E-state index is -1.13. The fourth-order valence-corrected chi connectivity index (χ4v) is 13.6. The molecule has 260 valence electrons. The Morgan fingerprint density at radius 3 is 2.52 bits per heavy atom. The molecular formula is C41H54O7. The van der Waals surface area contributed by atoms with Crippen molar-refractivity contribution in [2.45, 2.75) is 118 Å². The first-order chi connectivity index (χ1) is 22.6. The molecule has 48 heavy (non-hydrogen) atoms. The average molecular weight is 659 g/mol. The number of hydrogen-bond donors (Lipinski definition) is 0. The van der Waals surface area contributed by atoms with Crippen LogP contribution < -0.4 is 4.74 Å². The van der Waals surface area contributed by atoms with Gasteiger partial charge < -0.3 is 18.9 Å². The maximum absolute atomic E-state index is 13.0. The van der Waals surface area contributed by atoms with Crippen LogP contribution in [0.25, 0.3) is 0 Å². The van der Waals surface area contributed by atoms with Crippen LogP contribution in [0.1, 0.15) is 98.1 Å². The van der Waals surface area contributed by atoms with Crippen LogP contribution in [0.15, 0.2) is 30.4 Å². The number of hydrogen-bond acceptors (Lipinski definition) is 7. The van der Waals surface area contributed by atoms with Gasteiger partial charge in [0, 0.05) is 37.5 Å². The maximum Gasteiger partial charge on any atom is 0.303 e. The molecule has 0 aromatic heterocycles. The van der Waals surface area contributed by atoms with Gasteiger partial charge in [-0.05, 0) is 115 Å². The predicted octanol–water partition coefficient (Wildman–Crippen LogP) is 7.41. The van der Waals surface area contributed by atoms with Gasteiger partial charge in [-0.25, -0.2) is 0 Å². The number of carbonyl (C=O) groups is 3. The highest BCUT2D eigenvalue weighted by Gasteiger charge is 2.82. The highest BCUT2D eigenvalue weighted by Crippen LogP contribution is 2.87. The molecule has 0 bridgehead atoms. The molecule has 2 heterocycles. The Morgan fingerprint density at radius 2 is 1.79 bits per heavy atom. The molecular weight excluding hydrogens is 604 g/mol. The van der Waals surface area contributed by atoms with Gasteiger partial charge in [0.2, 0.25) is 0 Å². The zero-order chi connectivity index (χ0) is 34.2. The molecule has 0 amide bonds. The van der Waals surface area contributed by atoms with E-state index in [4.69, 9.17) is 18.9 Å². The average Bonchev–Trinajstić information content (AvgIpc) is 3.50.